The van der Waals surface area contributed by atoms with Gasteiger partial charge < -0.3 is 5.73 Å². The van der Waals surface area contributed by atoms with Gasteiger partial charge in [-0.1, -0.05) is 0 Å². The molecule has 0 bridgehead atoms. The van der Waals surface area contributed by atoms with Crippen LogP contribution in [0.4, 0.5) is 0 Å². The first kappa shape index (κ1) is 9.17. The summed E-state index contributed by atoms with van der Waals surface area (Å²) in [6, 6.07) is 0. The number of sulfonamides is 1. The molecule has 0 aliphatic rings. The van der Waals surface area contributed by atoms with E-state index < -0.39 is 10.0 Å². The van der Waals surface area contributed by atoms with Gasteiger partial charge in [0.1, 0.15) is 0 Å². The lowest BCUT2D eigenvalue weighted by atomic mass is 10.4. The fraction of sp³-hybridized carbons (Fsp3) is 0.400. The molecule has 7 heteroatoms. The van der Waals surface area contributed by atoms with Gasteiger partial charge in [-0.3, -0.25) is 5.10 Å². The Hall–Kier alpha value is -0.920. The predicted octanol–water partition coefficient (Wildman–Crippen LogP) is -1.22. The van der Waals surface area contributed by atoms with Crippen molar-refractivity contribution in [2.24, 2.45) is 5.73 Å². The number of aromatic nitrogens is 2. The number of hydrogen-bond donors (Lipinski definition) is 3. The molecule has 0 saturated carbocycles. The molecule has 0 atom stereocenters. The van der Waals surface area contributed by atoms with Gasteiger partial charge in [0.25, 0.3) is 10.0 Å². The number of hydrogen-bond acceptors (Lipinski definition) is 4. The van der Waals surface area contributed by atoms with Gasteiger partial charge in [-0.2, -0.15) is 5.10 Å². The van der Waals surface area contributed by atoms with E-state index in [0.717, 1.165) is 0 Å². The van der Waals surface area contributed by atoms with Gasteiger partial charge >= 0.3 is 0 Å². The maximum Gasteiger partial charge on any atom is 0.257 e. The largest absolute Gasteiger partial charge is 0.326 e. The van der Waals surface area contributed by atoms with Crippen LogP contribution in [0.5, 0.6) is 0 Å². The molecule has 0 amide bonds. The first-order valence-corrected chi connectivity index (χ1v) is 4.76. The molecule has 4 N–H and O–H groups in total. The van der Waals surface area contributed by atoms with Gasteiger partial charge in [-0.15, -0.1) is 0 Å². The number of nitrogens with two attached hydrogens (primary N) is 1. The maximum atomic E-state index is 11.2. The van der Waals surface area contributed by atoms with Crippen molar-refractivity contribution in [1.82, 2.24) is 14.9 Å². The molecular weight excluding hydrogens is 180 g/mol. The molecule has 1 rings (SSSR count). The molecule has 0 unspecified atom stereocenters. The normalized spacial score (nSPS) is 11.8. The standard InChI is InChI=1S/C5H10N4O2S/c1-7-12(10,11)5-4(2-6)3-8-9-5/h3,7H,2,6H2,1H3,(H,8,9). The summed E-state index contributed by atoms with van der Waals surface area (Å²) >= 11 is 0. The van der Waals surface area contributed by atoms with Crippen LogP contribution in [-0.4, -0.2) is 25.7 Å². The summed E-state index contributed by atoms with van der Waals surface area (Å²) < 4.78 is 24.6. The molecule has 0 aliphatic heterocycles. The lowest BCUT2D eigenvalue weighted by Gasteiger charge is -1.99. The first-order chi connectivity index (χ1) is 5.61. The number of H-pyrrole nitrogens is 1. The molecule has 6 nitrogen and oxygen atoms in total. The molecule has 0 aliphatic carbocycles. The van der Waals surface area contributed by atoms with Crippen molar-refractivity contribution in [3.63, 3.8) is 0 Å². The highest BCUT2D eigenvalue weighted by Crippen LogP contribution is 2.09. The van der Waals surface area contributed by atoms with E-state index >= 15 is 0 Å². The minimum absolute atomic E-state index is 0.0347. The van der Waals surface area contributed by atoms with Crippen LogP contribution in [0.25, 0.3) is 0 Å². The highest BCUT2D eigenvalue weighted by Gasteiger charge is 2.17. The molecule has 0 aromatic carbocycles. The van der Waals surface area contributed by atoms with Crippen LogP contribution in [0.3, 0.4) is 0 Å². The zero-order valence-corrected chi connectivity index (χ0v) is 7.35. The van der Waals surface area contributed by atoms with E-state index in [0.29, 0.717) is 5.56 Å². The minimum Gasteiger partial charge on any atom is -0.326 e. The SMILES string of the molecule is CNS(=O)(=O)c1[nH]ncc1CN. The van der Waals surface area contributed by atoms with Crippen molar-refractivity contribution in [3.8, 4) is 0 Å². The molecular formula is C5H10N4O2S. The first-order valence-electron chi connectivity index (χ1n) is 3.27. The van der Waals surface area contributed by atoms with Crippen molar-refractivity contribution >= 4 is 10.0 Å². The number of nitrogens with zero attached hydrogens (tertiary/aromatic N) is 1. The quantitative estimate of drug-likeness (QED) is 0.556. The molecule has 1 aromatic rings. The molecule has 0 fully saturated rings. The van der Waals surface area contributed by atoms with Crippen LogP contribution in [0, 0.1) is 0 Å². The van der Waals surface area contributed by atoms with E-state index in [9.17, 15) is 8.42 Å². The number of aromatic amines is 1. The second-order valence-electron chi connectivity index (χ2n) is 2.14. The molecule has 68 valence electrons. The Morgan fingerprint density at radius 3 is 2.92 bits per heavy atom. The van der Waals surface area contributed by atoms with Gasteiger partial charge in [0.05, 0.1) is 6.20 Å². The zero-order valence-electron chi connectivity index (χ0n) is 6.53. The van der Waals surface area contributed by atoms with Crippen LogP contribution >= 0.6 is 0 Å². The monoisotopic (exact) mass is 190 g/mol. The van der Waals surface area contributed by atoms with Gasteiger partial charge in [0, 0.05) is 12.1 Å². The van der Waals surface area contributed by atoms with Gasteiger partial charge in [0.2, 0.25) is 0 Å². The van der Waals surface area contributed by atoms with E-state index in [4.69, 9.17) is 5.73 Å². The predicted molar refractivity (Wildman–Crippen MR) is 42.7 cm³/mol. The van der Waals surface area contributed by atoms with E-state index in [-0.39, 0.29) is 11.6 Å². The van der Waals surface area contributed by atoms with Crippen LogP contribution < -0.4 is 10.5 Å². The Balaban J connectivity index is 3.19. The van der Waals surface area contributed by atoms with Crippen molar-refractivity contribution < 1.29 is 8.42 Å². The number of nitrogens with one attached hydrogen (secondary N) is 2. The summed E-state index contributed by atoms with van der Waals surface area (Å²) in [5.74, 6) is 0. The highest BCUT2D eigenvalue weighted by atomic mass is 32.2. The summed E-state index contributed by atoms with van der Waals surface area (Å²) in [6.45, 7) is 0.146. The fourth-order valence-electron chi connectivity index (χ4n) is 0.779. The van der Waals surface area contributed by atoms with Crippen LogP contribution in [0.15, 0.2) is 11.2 Å². The second kappa shape index (κ2) is 3.21. The lowest BCUT2D eigenvalue weighted by Crippen LogP contribution is -2.20. The third-order valence-electron chi connectivity index (χ3n) is 1.44. The van der Waals surface area contributed by atoms with Crippen molar-refractivity contribution in [2.75, 3.05) is 7.05 Å². The molecule has 1 heterocycles. The highest BCUT2D eigenvalue weighted by molar-refractivity contribution is 7.89. The fourth-order valence-corrected chi connectivity index (χ4v) is 1.64. The van der Waals surface area contributed by atoms with E-state index in [1.807, 2.05) is 0 Å². The van der Waals surface area contributed by atoms with E-state index in [1.54, 1.807) is 0 Å². The molecule has 0 saturated heterocycles. The van der Waals surface area contributed by atoms with E-state index in [1.165, 1.54) is 13.2 Å². The van der Waals surface area contributed by atoms with Crippen LogP contribution in [0.1, 0.15) is 5.56 Å². The molecule has 0 spiro atoms. The number of rotatable bonds is 3. The minimum atomic E-state index is -3.45. The summed E-state index contributed by atoms with van der Waals surface area (Å²) in [5.41, 5.74) is 5.77. The maximum absolute atomic E-state index is 11.2. The second-order valence-corrected chi connectivity index (χ2v) is 3.96. The summed E-state index contributed by atoms with van der Waals surface area (Å²) in [5, 5.41) is 5.99. The van der Waals surface area contributed by atoms with Crippen LogP contribution in [0.2, 0.25) is 0 Å². The summed E-state index contributed by atoms with van der Waals surface area (Å²) in [7, 11) is -2.12. The molecule has 1 aromatic heterocycles. The third kappa shape index (κ3) is 1.47. The van der Waals surface area contributed by atoms with Gasteiger partial charge in [-0.25, -0.2) is 13.1 Å². The average Bonchev–Trinajstić information content (AvgIpc) is 2.52. The van der Waals surface area contributed by atoms with Crippen molar-refractivity contribution in [1.29, 1.82) is 0 Å². The Kier molecular flexibility index (Phi) is 2.46. The van der Waals surface area contributed by atoms with Gasteiger partial charge in [-0.05, 0) is 7.05 Å². The van der Waals surface area contributed by atoms with Gasteiger partial charge in [0.15, 0.2) is 5.03 Å². The summed E-state index contributed by atoms with van der Waals surface area (Å²) in [6.07, 6.45) is 1.39. The smallest absolute Gasteiger partial charge is 0.257 e. The third-order valence-corrected chi connectivity index (χ3v) is 2.86. The average molecular weight is 190 g/mol. The topological polar surface area (TPSA) is 101 Å². The molecule has 0 radical (unpaired) electrons. The van der Waals surface area contributed by atoms with Crippen molar-refractivity contribution in [2.45, 2.75) is 11.6 Å². The Labute approximate surface area is 70.2 Å². The Bertz CT molecular complexity index is 355. The lowest BCUT2D eigenvalue weighted by molar-refractivity contribution is 0.582. The Morgan fingerprint density at radius 1 is 1.75 bits per heavy atom. The Morgan fingerprint density at radius 2 is 2.42 bits per heavy atom. The molecule has 12 heavy (non-hydrogen) atoms. The van der Waals surface area contributed by atoms with E-state index in [2.05, 4.69) is 14.9 Å². The summed E-state index contributed by atoms with van der Waals surface area (Å²) in [4.78, 5) is 0. The van der Waals surface area contributed by atoms with Crippen molar-refractivity contribution in [3.05, 3.63) is 11.8 Å². The van der Waals surface area contributed by atoms with Crippen LogP contribution in [-0.2, 0) is 16.6 Å². The zero-order chi connectivity index (χ0) is 9.19.